The van der Waals surface area contributed by atoms with Crippen LogP contribution in [-0.2, 0) is 11.2 Å². The Hall–Kier alpha value is -1.43. The highest BCUT2D eigenvalue weighted by atomic mass is 35.5. The molecule has 0 unspecified atom stereocenters. The van der Waals surface area contributed by atoms with Crippen molar-refractivity contribution in [2.45, 2.75) is 12.8 Å². The first kappa shape index (κ1) is 15.9. The lowest BCUT2D eigenvalue weighted by Gasteiger charge is -2.02. The molecule has 0 spiro atoms. The number of ether oxygens (including phenoxy) is 1. The van der Waals surface area contributed by atoms with E-state index in [2.05, 4.69) is 10.3 Å². The van der Waals surface area contributed by atoms with Gasteiger partial charge in [0.25, 0.3) is 0 Å². The van der Waals surface area contributed by atoms with Crippen LogP contribution >= 0.6 is 11.6 Å². The highest BCUT2D eigenvalue weighted by molar-refractivity contribution is 6.30. The van der Waals surface area contributed by atoms with Gasteiger partial charge in [-0.2, -0.15) is 0 Å². The monoisotopic (exact) mass is 312 g/mol. The van der Waals surface area contributed by atoms with E-state index in [9.17, 15) is 4.39 Å². The Morgan fingerprint density at radius 1 is 1.38 bits per heavy atom. The number of oxazole rings is 1. The van der Waals surface area contributed by atoms with Crippen molar-refractivity contribution in [2.24, 2.45) is 0 Å². The van der Waals surface area contributed by atoms with Gasteiger partial charge in [-0.15, -0.1) is 0 Å². The molecule has 114 valence electrons. The second-order valence-electron chi connectivity index (χ2n) is 4.59. The van der Waals surface area contributed by atoms with E-state index in [1.165, 1.54) is 12.1 Å². The molecule has 0 aliphatic heterocycles. The summed E-state index contributed by atoms with van der Waals surface area (Å²) in [7, 11) is 1.68. The van der Waals surface area contributed by atoms with Gasteiger partial charge in [-0.25, -0.2) is 9.37 Å². The van der Waals surface area contributed by atoms with Crippen molar-refractivity contribution < 1.29 is 13.5 Å². The normalized spacial score (nSPS) is 11.0. The van der Waals surface area contributed by atoms with Crippen molar-refractivity contribution in [1.82, 2.24) is 10.3 Å². The first-order chi connectivity index (χ1) is 10.2. The number of benzene rings is 1. The highest BCUT2D eigenvalue weighted by Crippen LogP contribution is 2.25. The molecule has 4 nitrogen and oxygen atoms in total. The van der Waals surface area contributed by atoms with Gasteiger partial charge < -0.3 is 14.5 Å². The van der Waals surface area contributed by atoms with Gasteiger partial charge in [-0.3, -0.25) is 0 Å². The number of aryl methyl sites for hydroxylation is 1. The summed E-state index contributed by atoms with van der Waals surface area (Å²) in [5.74, 6) is 0.733. The second kappa shape index (κ2) is 8.12. The lowest BCUT2D eigenvalue weighted by molar-refractivity contribution is 0.199. The molecule has 0 saturated carbocycles. The van der Waals surface area contributed by atoms with Crippen molar-refractivity contribution in [3.05, 3.63) is 41.1 Å². The fraction of sp³-hybridized carbons (Fsp3) is 0.400. The minimum atomic E-state index is -0.463. The van der Waals surface area contributed by atoms with E-state index in [0.717, 1.165) is 25.9 Å². The van der Waals surface area contributed by atoms with E-state index in [4.69, 9.17) is 20.8 Å². The van der Waals surface area contributed by atoms with Crippen LogP contribution in [0.2, 0.25) is 5.02 Å². The summed E-state index contributed by atoms with van der Waals surface area (Å²) in [4.78, 5) is 4.20. The lowest BCUT2D eigenvalue weighted by Crippen LogP contribution is -2.20. The van der Waals surface area contributed by atoms with Crippen LogP contribution in [0.4, 0.5) is 4.39 Å². The van der Waals surface area contributed by atoms with Gasteiger partial charge in [0.1, 0.15) is 5.82 Å². The molecule has 0 radical (unpaired) electrons. The summed E-state index contributed by atoms with van der Waals surface area (Å²) in [6.07, 6.45) is 3.26. The third-order valence-corrected chi connectivity index (χ3v) is 3.29. The zero-order valence-electron chi connectivity index (χ0n) is 11.9. The fourth-order valence-corrected chi connectivity index (χ4v) is 1.99. The van der Waals surface area contributed by atoms with Crippen molar-refractivity contribution in [3.63, 3.8) is 0 Å². The molecule has 0 saturated heterocycles. The largest absolute Gasteiger partial charge is 0.441 e. The molecule has 0 fully saturated rings. The molecule has 0 aliphatic rings. The van der Waals surface area contributed by atoms with Crippen LogP contribution in [0.5, 0.6) is 0 Å². The summed E-state index contributed by atoms with van der Waals surface area (Å²) in [5, 5.41) is 3.35. The topological polar surface area (TPSA) is 47.3 Å². The van der Waals surface area contributed by atoms with E-state index < -0.39 is 5.82 Å². The lowest BCUT2D eigenvalue weighted by atomic mass is 10.2. The van der Waals surface area contributed by atoms with E-state index in [-0.39, 0.29) is 5.02 Å². The zero-order chi connectivity index (χ0) is 15.1. The molecule has 0 amide bonds. The Morgan fingerprint density at radius 3 is 3.00 bits per heavy atom. The summed E-state index contributed by atoms with van der Waals surface area (Å²) >= 11 is 5.66. The minimum absolute atomic E-state index is 0.0978. The van der Waals surface area contributed by atoms with E-state index >= 15 is 0 Å². The summed E-state index contributed by atoms with van der Waals surface area (Å²) in [5.41, 5.74) is 0.633. The van der Waals surface area contributed by atoms with Gasteiger partial charge in [0.05, 0.1) is 17.8 Å². The van der Waals surface area contributed by atoms with Gasteiger partial charge in [-0.1, -0.05) is 11.6 Å². The SMILES string of the molecule is COCCNCCCc1ncc(-c2ccc(Cl)c(F)c2)o1. The number of nitrogens with one attached hydrogen (secondary N) is 1. The van der Waals surface area contributed by atoms with Crippen molar-refractivity contribution >= 4 is 11.6 Å². The molecule has 21 heavy (non-hydrogen) atoms. The predicted octanol–water partition coefficient (Wildman–Crippen LogP) is 3.30. The van der Waals surface area contributed by atoms with Crippen LogP contribution < -0.4 is 5.32 Å². The standard InChI is InChI=1S/C15H18ClFN2O2/c1-20-8-7-18-6-2-3-15-19-10-14(21-15)11-4-5-12(16)13(17)9-11/h4-5,9-10,18H,2-3,6-8H2,1H3. The van der Waals surface area contributed by atoms with Gasteiger partial charge >= 0.3 is 0 Å². The second-order valence-corrected chi connectivity index (χ2v) is 5.00. The summed E-state index contributed by atoms with van der Waals surface area (Å²) < 4.78 is 24.0. The van der Waals surface area contributed by atoms with Gasteiger partial charge in [-0.05, 0) is 31.2 Å². The third-order valence-electron chi connectivity index (χ3n) is 2.98. The van der Waals surface area contributed by atoms with Crippen molar-refractivity contribution in [3.8, 4) is 11.3 Å². The number of methoxy groups -OCH3 is 1. The first-order valence-electron chi connectivity index (χ1n) is 6.80. The smallest absolute Gasteiger partial charge is 0.194 e. The molecule has 1 aromatic heterocycles. The Morgan fingerprint density at radius 2 is 2.24 bits per heavy atom. The minimum Gasteiger partial charge on any atom is -0.441 e. The van der Waals surface area contributed by atoms with Crippen molar-refractivity contribution in [2.75, 3.05) is 26.8 Å². The molecular weight excluding hydrogens is 295 g/mol. The Labute approximate surface area is 128 Å². The van der Waals surface area contributed by atoms with E-state index in [0.29, 0.717) is 23.8 Å². The predicted molar refractivity (Wildman–Crippen MR) is 80.0 cm³/mol. The van der Waals surface area contributed by atoms with Crippen LogP contribution in [0.1, 0.15) is 12.3 Å². The quantitative estimate of drug-likeness (QED) is 0.760. The Balaban J connectivity index is 1.85. The van der Waals surface area contributed by atoms with E-state index in [1.807, 2.05) is 0 Å². The van der Waals surface area contributed by atoms with Crippen molar-refractivity contribution in [1.29, 1.82) is 0 Å². The third kappa shape index (κ3) is 4.81. The number of rotatable bonds is 8. The molecule has 0 atom stereocenters. The number of halogens is 2. The number of hydrogen-bond acceptors (Lipinski definition) is 4. The number of aromatic nitrogens is 1. The maximum absolute atomic E-state index is 13.4. The average molecular weight is 313 g/mol. The molecule has 0 aliphatic carbocycles. The number of hydrogen-bond donors (Lipinski definition) is 1. The van der Waals surface area contributed by atoms with Gasteiger partial charge in [0.2, 0.25) is 0 Å². The van der Waals surface area contributed by atoms with Crippen LogP contribution in [0, 0.1) is 5.82 Å². The Kier molecular flexibility index (Phi) is 6.17. The highest BCUT2D eigenvalue weighted by Gasteiger charge is 2.08. The van der Waals surface area contributed by atoms with Gasteiger partial charge in [0.15, 0.2) is 11.7 Å². The molecule has 6 heteroatoms. The molecule has 2 aromatic rings. The van der Waals surface area contributed by atoms with Gasteiger partial charge in [0, 0.05) is 25.6 Å². The Bertz CT molecular complexity index is 575. The molecule has 0 bridgehead atoms. The molecule has 1 heterocycles. The van der Waals surface area contributed by atoms with Crippen LogP contribution in [0.3, 0.4) is 0 Å². The fourth-order valence-electron chi connectivity index (χ4n) is 1.87. The molecule has 1 aromatic carbocycles. The summed E-state index contributed by atoms with van der Waals surface area (Å²) in [6.45, 7) is 2.40. The maximum atomic E-state index is 13.4. The zero-order valence-corrected chi connectivity index (χ0v) is 12.6. The first-order valence-corrected chi connectivity index (χ1v) is 7.18. The molecule has 1 N–H and O–H groups in total. The number of nitrogens with zero attached hydrogens (tertiary/aromatic N) is 1. The summed E-state index contributed by atoms with van der Waals surface area (Å²) in [6, 6.07) is 4.56. The van der Waals surface area contributed by atoms with E-state index in [1.54, 1.807) is 19.4 Å². The molecule has 2 rings (SSSR count). The van der Waals surface area contributed by atoms with Crippen LogP contribution in [-0.4, -0.2) is 31.8 Å². The molecular formula is C15H18ClFN2O2. The average Bonchev–Trinajstić information content (AvgIpc) is 2.94. The van der Waals surface area contributed by atoms with Crippen LogP contribution in [0.15, 0.2) is 28.8 Å². The van der Waals surface area contributed by atoms with Crippen LogP contribution in [0.25, 0.3) is 11.3 Å². The maximum Gasteiger partial charge on any atom is 0.194 e.